The summed E-state index contributed by atoms with van der Waals surface area (Å²) in [5, 5.41) is 11.4. The van der Waals surface area contributed by atoms with E-state index in [1.807, 2.05) is 74.8 Å². The van der Waals surface area contributed by atoms with E-state index in [1.165, 1.54) is 0 Å². The van der Waals surface area contributed by atoms with Gasteiger partial charge in [-0.25, -0.2) is 0 Å². The van der Waals surface area contributed by atoms with Crippen LogP contribution in [0.15, 0.2) is 60.7 Å². The van der Waals surface area contributed by atoms with Gasteiger partial charge in [-0.15, -0.1) is 0 Å². The normalized spacial score (nSPS) is 12.8. The van der Waals surface area contributed by atoms with Crippen LogP contribution in [0.4, 0.5) is 0 Å². The van der Waals surface area contributed by atoms with Crippen LogP contribution in [0.3, 0.4) is 0 Å². The van der Waals surface area contributed by atoms with Gasteiger partial charge in [0, 0.05) is 11.1 Å². The van der Waals surface area contributed by atoms with Gasteiger partial charge in [-0.2, -0.15) is 0 Å². The number of hydrogen-bond acceptors (Lipinski definition) is 2. The van der Waals surface area contributed by atoms with Crippen LogP contribution in [-0.4, -0.2) is 30.1 Å². The molecule has 0 spiro atoms. The van der Waals surface area contributed by atoms with Crippen molar-refractivity contribution in [3.8, 4) is 11.8 Å². The fraction of sp³-hybridized carbons (Fsp3) is 0.333. The third-order valence-electron chi connectivity index (χ3n) is 3.97. The van der Waals surface area contributed by atoms with Gasteiger partial charge < -0.3 is 5.11 Å². The first-order valence-corrected chi connectivity index (χ1v) is 7.97. The third-order valence-corrected chi connectivity index (χ3v) is 3.97. The third kappa shape index (κ3) is 4.01. The minimum absolute atomic E-state index is 0.0916. The smallest absolute Gasteiger partial charge is 0.176 e. The highest BCUT2D eigenvalue weighted by Gasteiger charge is 2.29. The summed E-state index contributed by atoms with van der Waals surface area (Å²) in [5.41, 5.74) is 0.283. The monoisotopic (exact) mass is 307 g/mol. The first-order chi connectivity index (χ1) is 10.9. The van der Waals surface area contributed by atoms with Gasteiger partial charge in [-0.3, -0.25) is 4.90 Å². The second-order valence-electron chi connectivity index (χ2n) is 6.36. The van der Waals surface area contributed by atoms with Crippen LogP contribution in [0.1, 0.15) is 25.0 Å². The molecule has 0 heterocycles. The topological polar surface area (TPSA) is 23.5 Å². The molecule has 0 radical (unpaired) electrons. The Morgan fingerprint density at radius 3 is 1.65 bits per heavy atom. The molecule has 2 heteroatoms. The van der Waals surface area contributed by atoms with Gasteiger partial charge in [0.1, 0.15) is 0 Å². The van der Waals surface area contributed by atoms with Gasteiger partial charge in [0.25, 0.3) is 0 Å². The molecule has 0 bridgehead atoms. The second-order valence-corrected chi connectivity index (χ2v) is 6.36. The number of benzene rings is 2. The van der Waals surface area contributed by atoms with Crippen LogP contribution < -0.4 is 0 Å². The van der Waals surface area contributed by atoms with E-state index in [-0.39, 0.29) is 6.04 Å². The second kappa shape index (κ2) is 7.46. The van der Waals surface area contributed by atoms with E-state index >= 15 is 0 Å². The van der Waals surface area contributed by atoms with Crippen LogP contribution >= 0.6 is 0 Å². The first kappa shape index (κ1) is 17.3. The number of nitrogens with zero attached hydrogens (tertiary/aromatic N) is 1. The summed E-state index contributed by atoms with van der Waals surface area (Å²) in [6, 6.07) is 19.4. The lowest BCUT2D eigenvalue weighted by Crippen LogP contribution is -2.33. The quantitative estimate of drug-likeness (QED) is 0.874. The maximum atomic E-state index is 11.4. The van der Waals surface area contributed by atoms with E-state index < -0.39 is 5.60 Å². The SMILES string of the molecule is CC(C)C(C#CC(O)(c1ccccc1)c1ccccc1)N(C)C. The molecule has 120 valence electrons. The summed E-state index contributed by atoms with van der Waals surface area (Å²) >= 11 is 0. The molecule has 1 atom stereocenters. The molecule has 23 heavy (non-hydrogen) atoms. The summed E-state index contributed by atoms with van der Waals surface area (Å²) in [7, 11) is 4.03. The summed E-state index contributed by atoms with van der Waals surface area (Å²) in [4.78, 5) is 2.09. The molecule has 2 aromatic carbocycles. The van der Waals surface area contributed by atoms with Crippen LogP contribution in [0, 0.1) is 17.8 Å². The van der Waals surface area contributed by atoms with Crippen molar-refractivity contribution in [2.24, 2.45) is 5.92 Å². The molecular weight excluding hydrogens is 282 g/mol. The largest absolute Gasteiger partial charge is 0.369 e. The Hall–Kier alpha value is -2.08. The predicted octanol–water partition coefficient (Wildman–Crippen LogP) is 3.51. The molecule has 0 saturated carbocycles. The standard InChI is InChI=1S/C21H25NO/c1-17(2)20(22(3)4)15-16-21(23,18-11-7-5-8-12-18)19-13-9-6-10-14-19/h5-14,17,20,23H,1-4H3. The molecule has 0 saturated heterocycles. The fourth-order valence-electron chi connectivity index (χ4n) is 2.74. The molecule has 2 rings (SSSR count). The Kier molecular flexibility index (Phi) is 5.60. The van der Waals surface area contributed by atoms with E-state index in [2.05, 4.69) is 30.6 Å². The number of aliphatic hydroxyl groups is 1. The van der Waals surface area contributed by atoms with Crippen LogP contribution in [0.2, 0.25) is 0 Å². The molecule has 1 N–H and O–H groups in total. The van der Waals surface area contributed by atoms with Crippen LogP contribution in [0.25, 0.3) is 0 Å². The molecule has 2 aromatic rings. The van der Waals surface area contributed by atoms with Crippen LogP contribution in [-0.2, 0) is 5.60 Å². The van der Waals surface area contributed by atoms with Gasteiger partial charge in [0.2, 0.25) is 0 Å². The Labute approximate surface area is 139 Å². The molecule has 0 aromatic heterocycles. The van der Waals surface area contributed by atoms with Crippen molar-refractivity contribution in [2.75, 3.05) is 14.1 Å². The van der Waals surface area contributed by atoms with Crippen molar-refractivity contribution in [3.05, 3.63) is 71.8 Å². The summed E-state index contributed by atoms with van der Waals surface area (Å²) in [6.07, 6.45) is 0. The molecule has 0 aliphatic heterocycles. The lowest BCUT2D eigenvalue weighted by molar-refractivity contribution is 0.144. The number of rotatable bonds is 4. The Morgan fingerprint density at radius 1 is 0.870 bits per heavy atom. The lowest BCUT2D eigenvalue weighted by atomic mass is 9.86. The van der Waals surface area contributed by atoms with E-state index in [1.54, 1.807) is 0 Å². The summed E-state index contributed by atoms with van der Waals surface area (Å²) in [6.45, 7) is 4.28. The van der Waals surface area contributed by atoms with E-state index in [0.29, 0.717) is 5.92 Å². The zero-order valence-electron chi connectivity index (χ0n) is 14.3. The molecule has 0 fully saturated rings. The average Bonchev–Trinajstić information content (AvgIpc) is 2.55. The number of hydrogen-bond donors (Lipinski definition) is 1. The van der Waals surface area contributed by atoms with Gasteiger partial charge in [0.15, 0.2) is 5.60 Å². The summed E-state index contributed by atoms with van der Waals surface area (Å²) in [5.74, 6) is 6.82. The maximum Gasteiger partial charge on any atom is 0.176 e. The predicted molar refractivity (Wildman–Crippen MR) is 96.0 cm³/mol. The van der Waals surface area contributed by atoms with E-state index in [4.69, 9.17) is 0 Å². The Balaban J connectivity index is 2.53. The Bertz CT molecular complexity index is 618. The highest BCUT2D eigenvalue weighted by atomic mass is 16.3. The molecule has 0 aliphatic carbocycles. The molecule has 0 amide bonds. The van der Waals surface area contributed by atoms with Crippen molar-refractivity contribution in [3.63, 3.8) is 0 Å². The highest BCUT2D eigenvalue weighted by Crippen LogP contribution is 2.29. The molecule has 2 nitrogen and oxygen atoms in total. The summed E-state index contributed by atoms with van der Waals surface area (Å²) < 4.78 is 0. The minimum Gasteiger partial charge on any atom is -0.369 e. The van der Waals surface area contributed by atoms with Crippen molar-refractivity contribution < 1.29 is 5.11 Å². The zero-order valence-corrected chi connectivity index (χ0v) is 14.3. The highest BCUT2D eigenvalue weighted by molar-refractivity contribution is 5.44. The van der Waals surface area contributed by atoms with Crippen molar-refractivity contribution in [2.45, 2.75) is 25.5 Å². The van der Waals surface area contributed by atoms with Crippen molar-refractivity contribution >= 4 is 0 Å². The van der Waals surface area contributed by atoms with Crippen LogP contribution in [0.5, 0.6) is 0 Å². The molecule has 1 unspecified atom stereocenters. The van der Waals surface area contributed by atoms with Gasteiger partial charge in [0.05, 0.1) is 6.04 Å². The van der Waals surface area contributed by atoms with Gasteiger partial charge >= 0.3 is 0 Å². The Morgan fingerprint density at radius 2 is 1.30 bits per heavy atom. The fourth-order valence-corrected chi connectivity index (χ4v) is 2.74. The average molecular weight is 307 g/mol. The maximum absolute atomic E-state index is 11.4. The van der Waals surface area contributed by atoms with Crippen molar-refractivity contribution in [1.29, 1.82) is 0 Å². The van der Waals surface area contributed by atoms with Gasteiger partial charge in [-0.05, 0) is 20.0 Å². The molecular formula is C21H25NO. The van der Waals surface area contributed by atoms with E-state index in [0.717, 1.165) is 11.1 Å². The minimum atomic E-state index is -1.30. The lowest BCUT2D eigenvalue weighted by Gasteiger charge is -2.26. The van der Waals surface area contributed by atoms with Gasteiger partial charge in [-0.1, -0.05) is 86.4 Å². The zero-order chi connectivity index (χ0) is 16.9. The first-order valence-electron chi connectivity index (χ1n) is 7.97. The van der Waals surface area contributed by atoms with Crippen molar-refractivity contribution in [1.82, 2.24) is 4.90 Å². The van der Waals surface area contributed by atoms with E-state index in [9.17, 15) is 5.11 Å². The molecule has 0 aliphatic rings.